The molecule has 3 N–H and O–H groups in total. The van der Waals surface area contributed by atoms with E-state index in [2.05, 4.69) is 10.1 Å². The quantitative estimate of drug-likeness (QED) is 0.537. The van der Waals surface area contributed by atoms with Crippen LogP contribution in [0.25, 0.3) is 0 Å². The van der Waals surface area contributed by atoms with E-state index in [0.29, 0.717) is 21.6 Å². The number of aliphatic hydroxyl groups excluding tert-OH is 2. The number of nitrogens with one attached hydrogen (secondary N) is 1. The van der Waals surface area contributed by atoms with Gasteiger partial charge in [-0.2, -0.15) is 13.8 Å². The number of anilines is 1. The van der Waals surface area contributed by atoms with Crippen LogP contribution < -0.4 is 10.8 Å². The van der Waals surface area contributed by atoms with E-state index >= 15 is 0 Å². The monoisotopic (exact) mass is 493 g/mol. The van der Waals surface area contributed by atoms with Crippen LogP contribution in [0, 0.1) is 0 Å². The predicted molar refractivity (Wildman–Crippen MR) is 108 cm³/mol. The second-order valence-corrected chi connectivity index (χ2v) is 9.34. The summed E-state index contributed by atoms with van der Waals surface area (Å²) in [4.78, 5) is 16.0. The largest absolute Gasteiger partial charge is 0.434 e. The lowest BCUT2D eigenvalue weighted by Gasteiger charge is -2.30. The standard InChI is InChI=1S/C18H19ClF2N3O7P/c19-11-3-1-2-10(8-11)12-5-7-29-32(28,31-12)23-14-4-6-24(17(27)22-14)16-18(20,21)15(26)13(9-25)30-16/h1-4,6,8,12-13,15-16,25-26H,5,7,9H2,(H,22,23,27,28)/t12-,13+,15+,16+,32-/m0/s1. The Morgan fingerprint density at radius 1 is 1.38 bits per heavy atom. The Hall–Kier alpha value is -1.92. The first-order valence-corrected chi connectivity index (χ1v) is 11.4. The van der Waals surface area contributed by atoms with E-state index in [9.17, 15) is 23.2 Å². The fourth-order valence-corrected chi connectivity index (χ4v) is 5.13. The van der Waals surface area contributed by atoms with Gasteiger partial charge in [0.05, 0.1) is 19.3 Å². The zero-order valence-corrected chi connectivity index (χ0v) is 18.0. The maximum absolute atomic E-state index is 14.3. The highest BCUT2D eigenvalue weighted by atomic mass is 35.5. The van der Waals surface area contributed by atoms with E-state index in [1.54, 1.807) is 24.3 Å². The van der Waals surface area contributed by atoms with Crippen molar-refractivity contribution >= 4 is 25.2 Å². The van der Waals surface area contributed by atoms with E-state index < -0.39 is 50.5 Å². The van der Waals surface area contributed by atoms with Gasteiger partial charge in [-0.1, -0.05) is 23.7 Å². The van der Waals surface area contributed by atoms with E-state index in [-0.39, 0.29) is 12.4 Å². The lowest BCUT2D eigenvalue weighted by molar-refractivity contribution is -0.140. The highest BCUT2D eigenvalue weighted by Crippen LogP contribution is 2.55. The van der Waals surface area contributed by atoms with Crippen molar-refractivity contribution in [2.75, 3.05) is 18.3 Å². The van der Waals surface area contributed by atoms with Crippen molar-refractivity contribution in [1.82, 2.24) is 9.55 Å². The minimum absolute atomic E-state index is 0.0844. The molecular weight excluding hydrogens is 475 g/mol. The van der Waals surface area contributed by atoms with Gasteiger partial charge in [0.25, 0.3) is 0 Å². The fourth-order valence-electron chi connectivity index (χ4n) is 3.44. The Bertz CT molecular complexity index is 1100. The maximum atomic E-state index is 14.3. The van der Waals surface area contributed by atoms with Crippen LogP contribution in [-0.4, -0.2) is 51.1 Å². The predicted octanol–water partition coefficient (Wildman–Crippen LogP) is 2.48. The van der Waals surface area contributed by atoms with Crippen molar-refractivity contribution in [3.05, 3.63) is 57.6 Å². The van der Waals surface area contributed by atoms with Crippen LogP contribution in [0.1, 0.15) is 24.3 Å². The molecule has 2 aliphatic rings. The molecule has 2 saturated heterocycles. The first-order valence-electron chi connectivity index (χ1n) is 9.51. The summed E-state index contributed by atoms with van der Waals surface area (Å²) >= 11 is 5.99. The third-order valence-electron chi connectivity index (χ3n) is 5.02. The Labute approximate surface area is 185 Å². The molecule has 32 heavy (non-hydrogen) atoms. The number of ether oxygens (including phenoxy) is 1. The Balaban J connectivity index is 1.52. The van der Waals surface area contributed by atoms with E-state index in [0.717, 1.165) is 12.3 Å². The van der Waals surface area contributed by atoms with Gasteiger partial charge in [-0.3, -0.25) is 18.7 Å². The molecule has 10 nitrogen and oxygen atoms in total. The van der Waals surface area contributed by atoms with Crippen LogP contribution in [0.4, 0.5) is 14.6 Å². The number of aliphatic hydroxyl groups is 2. The molecule has 0 amide bonds. The van der Waals surface area contributed by atoms with Gasteiger partial charge in [0.1, 0.15) is 11.9 Å². The van der Waals surface area contributed by atoms with Crippen LogP contribution in [0.3, 0.4) is 0 Å². The second kappa shape index (κ2) is 8.79. The number of benzene rings is 1. The minimum atomic E-state index is -3.94. The van der Waals surface area contributed by atoms with Crippen LogP contribution >= 0.6 is 19.3 Å². The Kier molecular flexibility index (Phi) is 6.38. The van der Waals surface area contributed by atoms with Crippen molar-refractivity contribution in [2.45, 2.75) is 36.9 Å². The third kappa shape index (κ3) is 4.44. The van der Waals surface area contributed by atoms with Gasteiger partial charge in [0, 0.05) is 17.6 Å². The molecule has 174 valence electrons. The summed E-state index contributed by atoms with van der Waals surface area (Å²) in [6, 6.07) is 7.92. The van der Waals surface area contributed by atoms with Crippen molar-refractivity contribution in [3.63, 3.8) is 0 Å². The van der Waals surface area contributed by atoms with Crippen LogP contribution in [0.15, 0.2) is 41.3 Å². The fraction of sp³-hybridized carbons (Fsp3) is 0.444. The third-order valence-corrected chi connectivity index (χ3v) is 6.81. The van der Waals surface area contributed by atoms with Gasteiger partial charge >= 0.3 is 19.4 Å². The molecule has 0 unspecified atom stereocenters. The molecule has 1 aromatic carbocycles. The number of halogens is 3. The molecule has 4 rings (SSSR count). The van der Waals surface area contributed by atoms with Crippen molar-refractivity contribution in [1.29, 1.82) is 0 Å². The van der Waals surface area contributed by atoms with Gasteiger partial charge in [-0.25, -0.2) is 9.36 Å². The number of hydrogen-bond donors (Lipinski definition) is 3. The van der Waals surface area contributed by atoms with Gasteiger partial charge in [0.2, 0.25) is 6.23 Å². The molecular formula is C18H19ClF2N3O7P. The molecule has 3 heterocycles. The average Bonchev–Trinajstić information content (AvgIpc) is 2.97. The molecule has 0 saturated carbocycles. The van der Waals surface area contributed by atoms with Crippen molar-refractivity contribution in [2.24, 2.45) is 0 Å². The summed E-state index contributed by atoms with van der Waals surface area (Å²) < 4.78 is 57.8. The maximum Gasteiger partial charge on any atom is 0.434 e. The van der Waals surface area contributed by atoms with Crippen LogP contribution in [-0.2, 0) is 18.3 Å². The summed E-state index contributed by atoms with van der Waals surface area (Å²) in [6.45, 7) is -0.776. The second-order valence-electron chi connectivity index (χ2n) is 7.21. The molecule has 14 heteroatoms. The Morgan fingerprint density at radius 2 is 2.16 bits per heavy atom. The highest BCUT2D eigenvalue weighted by Gasteiger charge is 2.59. The summed E-state index contributed by atoms with van der Waals surface area (Å²) in [6.07, 6.45) is -5.29. The van der Waals surface area contributed by atoms with E-state index in [1.807, 2.05) is 0 Å². The highest BCUT2D eigenvalue weighted by molar-refractivity contribution is 7.55. The summed E-state index contributed by atoms with van der Waals surface area (Å²) in [5.74, 6) is -4.08. The number of alkyl halides is 2. The molecule has 2 fully saturated rings. The van der Waals surface area contributed by atoms with E-state index in [4.69, 9.17) is 30.5 Å². The molecule has 0 radical (unpaired) electrons. The number of nitrogens with zero attached hydrogens (tertiary/aromatic N) is 2. The van der Waals surface area contributed by atoms with E-state index in [1.165, 1.54) is 0 Å². The smallest absolute Gasteiger partial charge is 0.394 e. The van der Waals surface area contributed by atoms with Crippen molar-refractivity contribution in [3.8, 4) is 0 Å². The van der Waals surface area contributed by atoms with Crippen molar-refractivity contribution < 1.29 is 37.3 Å². The summed E-state index contributed by atoms with van der Waals surface area (Å²) in [7, 11) is -3.94. The molecule has 0 spiro atoms. The zero-order chi connectivity index (χ0) is 23.1. The zero-order valence-electron chi connectivity index (χ0n) is 16.3. The molecule has 0 aliphatic carbocycles. The van der Waals surface area contributed by atoms with Crippen LogP contribution in [0.2, 0.25) is 5.02 Å². The lowest BCUT2D eigenvalue weighted by Crippen LogP contribution is -2.41. The van der Waals surface area contributed by atoms with Gasteiger partial charge in [-0.15, -0.1) is 0 Å². The normalized spacial score (nSPS) is 32.0. The van der Waals surface area contributed by atoms with Crippen LogP contribution in [0.5, 0.6) is 0 Å². The molecule has 1 aromatic heterocycles. The van der Waals surface area contributed by atoms with Gasteiger partial charge < -0.3 is 14.9 Å². The number of aromatic nitrogens is 2. The summed E-state index contributed by atoms with van der Waals surface area (Å²) in [5.41, 5.74) is -0.482. The van der Waals surface area contributed by atoms with Gasteiger partial charge in [-0.05, 0) is 23.8 Å². The lowest BCUT2D eigenvalue weighted by atomic mass is 10.1. The topological polar surface area (TPSA) is 132 Å². The Morgan fingerprint density at radius 3 is 2.81 bits per heavy atom. The first kappa shape index (κ1) is 23.2. The van der Waals surface area contributed by atoms with Gasteiger partial charge in [0.15, 0.2) is 6.10 Å². The number of rotatable bonds is 5. The first-order chi connectivity index (χ1) is 15.1. The number of hydrogen-bond acceptors (Lipinski definition) is 8. The minimum Gasteiger partial charge on any atom is -0.394 e. The average molecular weight is 494 g/mol. The molecule has 2 aliphatic heterocycles. The SMILES string of the molecule is O=c1nc(N[P@]2(=O)OCC[C@@H](c3cccc(Cl)c3)O2)ccn1[C@@H]1O[C@H](CO)[C@@H](O)C1(F)F. The molecule has 0 bridgehead atoms. The molecule has 2 aromatic rings. The molecule has 5 atom stereocenters. The summed E-state index contributed by atoms with van der Waals surface area (Å²) in [5, 5.41) is 21.6.